The van der Waals surface area contributed by atoms with Crippen molar-refractivity contribution in [3.63, 3.8) is 0 Å². The fourth-order valence-electron chi connectivity index (χ4n) is 4.06. The maximum atomic E-state index is 13.1. The van der Waals surface area contributed by atoms with Crippen LogP contribution in [0.15, 0.2) is 24.3 Å². The zero-order valence-electron chi connectivity index (χ0n) is 18.9. The number of hydrogen-bond acceptors (Lipinski definition) is 5. The van der Waals surface area contributed by atoms with E-state index in [0.29, 0.717) is 37.4 Å². The zero-order chi connectivity index (χ0) is 22.4. The Morgan fingerprint density at radius 1 is 1.19 bits per heavy atom. The summed E-state index contributed by atoms with van der Waals surface area (Å²) >= 11 is 0. The summed E-state index contributed by atoms with van der Waals surface area (Å²) in [5.74, 6) is 1.39. The maximum absolute atomic E-state index is 13.1. The topological polar surface area (TPSA) is 84.4 Å². The zero-order valence-corrected chi connectivity index (χ0v) is 18.9. The van der Waals surface area contributed by atoms with Gasteiger partial charge in [0.1, 0.15) is 11.6 Å². The third-order valence-electron chi connectivity index (χ3n) is 5.76. The molecule has 7 heteroatoms. The van der Waals surface area contributed by atoms with E-state index in [9.17, 15) is 9.59 Å². The number of nitrogens with zero attached hydrogens (tertiary/aromatic N) is 3. The summed E-state index contributed by atoms with van der Waals surface area (Å²) in [6, 6.07) is 7.31. The van der Waals surface area contributed by atoms with Crippen molar-refractivity contribution in [2.45, 2.75) is 52.4 Å². The lowest BCUT2D eigenvalue weighted by atomic mass is 9.95. The number of carbonyl (C=O) groups excluding carboxylic acids is 2. The Hall–Kier alpha value is -2.96. The van der Waals surface area contributed by atoms with Crippen LogP contribution in [0, 0.1) is 13.8 Å². The first-order chi connectivity index (χ1) is 14.9. The van der Waals surface area contributed by atoms with Gasteiger partial charge in [-0.15, -0.1) is 0 Å². The van der Waals surface area contributed by atoms with Crippen molar-refractivity contribution in [1.82, 2.24) is 20.2 Å². The lowest BCUT2D eigenvalue weighted by Crippen LogP contribution is -2.39. The molecule has 0 saturated carbocycles. The molecule has 1 saturated heterocycles. The predicted molar refractivity (Wildman–Crippen MR) is 119 cm³/mol. The Labute approximate surface area is 184 Å². The van der Waals surface area contributed by atoms with Crippen molar-refractivity contribution < 1.29 is 14.3 Å². The first-order valence-electron chi connectivity index (χ1n) is 11.0. The number of methoxy groups -OCH3 is 1. The summed E-state index contributed by atoms with van der Waals surface area (Å²) in [5.41, 5.74) is 3.13. The van der Waals surface area contributed by atoms with Crippen LogP contribution in [0.25, 0.3) is 0 Å². The van der Waals surface area contributed by atoms with Crippen molar-refractivity contribution in [3.8, 4) is 5.75 Å². The Balaban J connectivity index is 1.75. The summed E-state index contributed by atoms with van der Waals surface area (Å²) in [6.07, 6.45) is 3.03. The molecule has 3 rings (SSSR count). The molecule has 0 aliphatic carbocycles. The lowest BCUT2D eigenvalue weighted by Gasteiger charge is -2.32. The number of para-hydroxylation sites is 1. The number of rotatable bonds is 7. The first-order valence-corrected chi connectivity index (χ1v) is 11.0. The number of amides is 2. The van der Waals surface area contributed by atoms with Gasteiger partial charge in [-0.2, -0.15) is 0 Å². The van der Waals surface area contributed by atoms with E-state index in [1.165, 1.54) is 0 Å². The first kappa shape index (κ1) is 22.7. The van der Waals surface area contributed by atoms with Gasteiger partial charge < -0.3 is 15.0 Å². The Morgan fingerprint density at radius 2 is 1.90 bits per heavy atom. The number of nitrogens with one attached hydrogen (secondary N) is 1. The number of aromatic nitrogens is 2. The van der Waals surface area contributed by atoms with Crippen LogP contribution in [0.5, 0.6) is 5.75 Å². The molecule has 2 amide bonds. The maximum Gasteiger partial charge on any atom is 0.257 e. The van der Waals surface area contributed by atoms with E-state index in [2.05, 4.69) is 5.32 Å². The summed E-state index contributed by atoms with van der Waals surface area (Å²) in [7, 11) is 1.58. The minimum atomic E-state index is -0.0280. The van der Waals surface area contributed by atoms with Crippen LogP contribution in [0.4, 0.5) is 0 Å². The van der Waals surface area contributed by atoms with Crippen LogP contribution in [0.3, 0.4) is 0 Å². The van der Waals surface area contributed by atoms with Crippen molar-refractivity contribution in [1.29, 1.82) is 0 Å². The second kappa shape index (κ2) is 10.4. The molecule has 1 aromatic carbocycles. The molecular formula is C24H32N4O3. The van der Waals surface area contributed by atoms with Crippen molar-refractivity contribution in [3.05, 3.63) is 52.6 Å². The normalized spacial score (nSPS) is 16.1. The highest BCUT2D eigenvalue weighted by atomic mass is 16.5. The number of piperidine rings is 1. The quantitative estimate of drug-likeness (QED) is 0.738. The molecule has 1 aliphatic heterocycles. The molecule has 0 unspecified atom stereocenters. The number of ether oxygens (including phenoxy) is 1. The summed E-state index contributed by atoms with van der Waals surface area (Å²) in [4.78, 5) is 36.6. The summed E-state index contributed by atoms with van der Waals surface area (Å²) in [5, 5.41) is 2.91. The molecular weight excluding hydrogens is 392 g/mol. The van der Waals surface area contributed by atoms with Crippen molar-refractivity contribution in [2.24, 2.45) is 0 Å². The van der Waals surface area contributed by atoms with E-state index in [1.807, 2.05) is 37.8 Å². The Bertz CT molecular complexity index is 921. The molecule has 7 nitrogen and oxygen atoms in total. The van der Waals surface area contributed by atoms with Crippen LogP contribution >= 0.6 is 0 Å². The van der Waals surface area contributed by atoms with Gasteiger partial charge in [-0.05, 0) is 45.2 Å². The fraction of sp³-hybridized carbons (Fsp3) is 0.500. The van der Waals surface area contributed by atoms with Gasteiger partial charge in [0.25, 0.3) is 5.91 Å². The highest BCUT2D eigenvalue weighted by Crippen LogP contribution is 2.28. The summed E-state index contributed by atoms with van der Waals surface area (Å²) < 4.78 is 5.36. The van der Waals surface area contributed by atoms with Gasteiger partial charge in [-0.3, -0.25) is 9.59 Å². The molecule has 1 aromatic heterocycles. The minimum absolute atomic E-state index is 0.00403. The van der Waals surface area contributed by atoms with E-state index in [4.69, 9.17) is 14.7 Å². The second-order valence-corrected chi connectivity index (χ2v) is 8.05. The number of carbonyl (C=O) groups is 2. The monoisotopic (exact) mass is 424 g/mol. The third-order valence-corrected chi connectivity index (χ3v) is 5.76. The molecule has 0 radical (unpaired) electrons. The average molecular weight is 425 g/mol. The van der Waals surface area contributed by atoms with Crippen LogP contribution in [-0.2, 0) is 11.2 Å². The van der Waals surface area contributed by atoms with Gasteiger partial charge in [-0.25, -0.2) is 9.97 Å². The van der Waals surface area contributed by atoms with Crippen molar-refractivity contribution >= 4 is 11.8 Å². The Kier molecular flexibility index (Phi) is 7.60. The molecule has 1 N–H and O–H groups in total. The molecule has 1 fully saturated rings. The molecule has 0 bridgehead atoms. The van der Waals surface area contributed by atoms with E-state index >= 15 is 0 Å². The van der Waals surface area contributed by atoms with Crippen LogP contribution in [0.2, 0.25) is 0 Å². The van der Waals surface area contributed by atoms with Gasteiger partial charge in [0.05, 0.1) is 19.1 Å². The van der Waals surface area contributed by atoms with Gasteiger partial charge >= 0.3 is 0 Å². The largest absolute Gasteiger partial charge is 0.496 e. The molecule has 2 heterocycles. The van der Waals surface area contributed by atoms with E-state index in [0.717, 1.165) is 42.0 Å². The number of aryl methyl sites for hydroxylation is 2. The predicted octanol–water partition coefficient (Wildman–Crippen LogP) is 3.19. The standard InChI is InChI=1S/C24H32N4O3/c1-5-12-25-22(29)14-20-16(2)26-23(27-17(20)3)18-9-8-13-28(15-18)24(30)19-10-6-7-11-21(19)31-4/h6-7,10-11,18H,5,8-9,12-15H2,1-4H3,(H,25,29)/t18-/m0/s1. The smallest absolute Gasteiger partial charge is 0.257 e. The second-order valence-electron chi connectivity index (χ2n) is 8.05. The number of benzene rings is 1. The van der Waals surface area contributed by atoms with Gasteiger partial charge in [0, 0.05) is 42.5 Å². The molecule has 31 heavy (non-hydrogen) atoms. The third kappa shape index (κ3) is 5.40. The van der Waals surface area contributed by atoms with Crippen LogP contribution in [0.1, 0.15) is 65.2 Å². The van der Waals surface area contributed by atoms with Gasteiger partial charge in [0.2, 0.25) is 5.91 Å². The van der Waals surface area contributed by atoms with E-state index < -0.39 is 0 Å². The average Bonchev–Trinajstić information content (AvgIpc) is 2.79. The fourth-order valence-corrected chi connectivity index (χ4v) is 4.06. The van der Waals surface area contributed by atoms with Crippen LogP contribution in [-0.4, -0.2) is 53.4 Å². The molecule has 166 valence electrons. The lowest BCUT2D eigenvalue weighted by molar-refractivity contribution is -0.120. The molecule has 1 aliphatic rings. The van der Waals surface area contributed by atoms with Gasteiger partial charge in [0.15, 0.2) is 0 Å². The molecule has 1 atom stereocenters. The highest BCUT2D eigenvalue weighted by molar-refractivity contribution is 5.97. The molecule has 0 spiro atoms. The van der Waals surface area contributed by atoms with Crippen molar-refractivity contribution in [2.75, 3.05) is 26.7 Å². The Morgan fingerprint density at radius 3 is 2.58 bits per heavy atom. The van der Waals surface area contributed by atoms with E-state index in [1.54, 1.807) is 19.2 Å². The van der Waals surface area contributed by atoms with Gasteiger partial charge in [-0.1, -0.05) is 19.1 Å². The number of hydrogen-bond donors (Lipinski definition) is 1. The molecule has 2 aromatic rings. The SMILES string of the molecule is CCCNC(=O)Cc1c(C)nc([C@H]2CCCN(C(=O)c3ccccc3OC)C2)nc1C. The summed E-state index contributed by atoms with van der Waals surface area (Å²) in [6.45, 7) is 7.85. The van der Waals surface area contributed by atoms with Crippen LogP contribution < -0.4 is 10.1 Å². The van der Waals surface area contributed by atoms with E-state index in [-0.39, 0.29) is 17.7 Å². The minimum Gasteiger partial charge on any atom is -0.496 e. The number of likely N-dealkylation sites (tertiary alicyclic amines) is 1. The highest BCUT2D eigenvalue weighted by Gasteiger charge is 2.29.